The second kappa shape index (κ2) is 9.75. The molecule has 0 aliphatic carbocycles. The summed E-state index contributed by atoms with van der Waals surface area (Å²) in [7, 11) is -3.79. The number of piperazine rings is 1. The zero-order chi connectivity index (χ0) is 26.3. The van der Waals surface area contributed by atoms with Crippen molar-refractivity contribution in [1.82, 2.24) is 19.4 Å². The molecule has 0 spiro atoms. The number of hydrogen-bond acceptors (Lipinski definition) is 6. The SMILES string of the molecule is CC(=O)c1ccc(S(=O)(=O)N2CCN(C(=O)CN3C(=O)N[C@](C)(c4ccccc4Br)C3=O)CC2)cc1. The van der Waals surface area contributed by atoms with E-state index in [4.69, 9.17) is 0 Å². The maximum atomic E-state index is 13.2. The minimum Gasteiger partial charge on any atom is -0.338 e. The molecule has 2 aromatic rings. The minimum atomic E-state index is -3.79. The van der Waals surface area contributed by atoms with Gasteiger partial charge in [-0.3, -0.25) is 19.3 Å². The first-order valence-corrected chi connectivity index (χ1v) is 13.5. The molecule has 0 bridgehead atoms. The number of amides is 4. The van der Waals surface area contributed by atoms with Gasteiger partial charge in [-0.05, 0) is 32.0 Å². The first-order chi connectivity index (χ1) is 16.9. The van der Waals surface area contributed by atoms with Crippen molar-refractivity contribution in [2.75, 3.05) is 32.7 Å². The highest BCUT2D eigenvalue weighted by Gasteiger charge is 2.50. The van der Waals surface area contributed by atoms with Crippen molar-refractivity contribution in [3.8, 4) is 0 Å². The second-order valence-corrected chi connectivity index (χ2v) is 11.6. The van der Waals surface area contributed by atoms with Crippen molar-refractivity contribution in [1.29, 1.82) is 0 Å². The molecule has 2 heterocycles. The fraction of sp³-hybridized carbons (Fsp3) is 0.333. The van der Waals surface area contributed by atoms with Crippen molar-refractivity contribution >= 4 is 49.6 Å². The highest BCUT2D eigenvalue weighted by atomic mass is 79.9. The zero-order valence-corrected chi connectivity index (χ0v) is 22.1. The number of imide groups is 1. The van der Waals surface area contributed by atoms with Crippen molar-refractivity contribution in [2.24, 2.45) is 0 Å². The van der Waals surface area contributed by atoms with Crippen LogP contribution in [0, 0.1) is 0 Å². The van der Waals surface area contributed by atoms with Crippen LogP contribution in [-0.4, -0.2) is 78.9 Å². The molecule has 2 aliphatic heterocycles. The lowest BCUT2D eigenvalue weighted by atomic mass is 9.92. The number of nitrogens with zero attached hydrogens (tertiary/aromatic N) is 3. The van der Waals surface area contributed by atoms with E-state index in [2.05, 4.69) is 21.2 Å². The second-order valence-electron chi connectivity index (χ2n) is 8.79. The largest absolute Gasteiger partial charge is 0.338 e. The van der Waals surface area contributed by atoms with Crippen molar-refractivity contribution in [2.45, 2.75) is 24.3 Å². The summed E-state index contributed by atoms with van der Waals surface area (Å²) in [5, 5.41) is 2.68. The lowest BCUT2D eigenvalue weighted by Crippen LogP contribution is -2.53. The van der Waals surface area contributed by atoms with Gasteiger partial charge in [-0.25, -0.2) is 13.2 Å². The summed E-state index contributed by atoms with van der Waals surface area (Å²) >= 11 is 3.40. The number of ketones is 1. The topological polar surface area (TPSA) is 124 Å². The Balaban J connectivity index is 1.40. The van der Waals surface area contributed by atoms with Gasteiger partial charge in [-0.2, -0.15) is 4.31 Å². The van der Waals surface area contributed by atoms with Crippen LogP contribution in [0.4, 0.5) is 4.79 Å². The van der Waals surface area contributed by atoms with Crippen LogP contribution in [0.3, 0.4) is 0 Å². The number of rotatable bonds is 6. The van der Waals surface area contributed by atoms with Crippen LogP contribution in [0.2, 0.25) is 0 Å². The van der Waals surface area contributed by atoms with Crippen LogP contribution < -0.4 is 5.32 Å². The summed E-state index contributed by atoms with van der Waals surface area (Å²) in [5.74, 6) is -1.14. The summed E-state index contributed by atoms with van der Waals surface area (Å²) in [6, 6.07) is 12.1. The Kier molecular flexibility index (Phi) is 7.04. The van der Waals surface area contributed by atoms with Gasteiger partial charge in [0.05, 0.1) is 4.90 Å². The predicted octanol–water partition coefficient (Wildman–Crippen LogP) is 1.95. The molecule has 0 saturated carbocycles. The molecule has 1 atom stereocenters. The van der Waals surface area contributed by atoms with Crippen LogP contribution in [0.1, 0.15) is 29.8 Å². The smallest absolute Gasteiger partial charge is 0.325 e. The molecule has 190 valence electrons. The van der Waals surface area contributed by atoms with Gasteiger partial charge in [-0.15, -0.1) is 0 Å². The number of benzene rings is 2. The summed E-state index contributed by atoms with van der Waals surface area (Å²) < 4.78 is 27.9. The Morgan fingerprint density at radius 3 is 2.19 bits per heavy atom. The first-order valence-electron chi connectivity index (χ1n) is 11.2. The number of Topliss-reactive ketones (excluding diaryl/α,β-unsaturated/α-hetero) is 1. The number of hydrogen-bond donors (Lipinski definition) is 1. The summed E-state index contributed by atoms with van der Waals surface area (Å²) in [4.78, 5) is 52.5. The Hall–Kier alpha value is -3.09. The first kappa shape index (κ1) is 26.0. The van der Waals surface area contributed by atoms with Crippen LogP contribution in [0.25, 0.3) is 0 Å². The van der Waals surface area contributed by atoms with Gasteiger partial charge in [0.25, 0.3) is 5.91 Å². The van der Waals surface area contributed by atoms with E-state index >= 15 is 0 Å². The van der Waals surface area contributed by atoms with Gasteiger partial charge >= 0.3 is 6.03 Å². The fourth-order valence-electron chi connectivity index (χ4n) is 4.31. The lowest BCUT2D eigenvalue weighted by molar-refractivity contribution is -0.139. The highest BCUT2D eigenvalue weighted by Crippen LogP contribution is 2.33. The molecule has 4 rings (SSSR count). The number of halogens is 1. The normalized spacial score (nSPS) is 21.0. The van der Waals surface area contributed by atoms with Gasteiger partial charge in [-0.1, -0.05) is 46.3 Å². The van der Waals surface area contributed by atoms with E-state index in [0.717, 1.165) is 4.90 Å². The van der Waals surface area contributed by atoms with E-state index in [9.17, 15) is 27.6 Å². The fourth-order valence-corrected chi connectivity index (χ4v) is 6.42. The monoisotopic (exact) mass is 576 g/mol. The number of nitrogens with one attached hydrogen (secondary N) is 1. The molecule has 36 heavy (non-hydrogen) atoms. The van der Waals surface area contributed by atoms with Gasteiger partial charge < -0.3 is 10.2 Å². The van der Waals surface area contributed by atoms with Gasteiger partial charge in [0.2, 0.25) is 15.9 Å². The zero-order valence-electron chi connectivity index (χ0n) is 19.7. The Morgan fingerprint density at radius 1 is 1.00 bits per heavy atom. The molecular formula is C24H25BrN4O6S. The molecule has 12 heteroatoms. The Labute approximate surface area is 217 Å². The van der Waals surface area contributed by atoms with Crippen LogP contribution in [0.15, 0.2) is 57.9 Å². The quantitative estimate of drug-likeness (QED) is 0.414. The summed E-state index contributed by atoms with van der Waals surface area (Å²) in [6.45, 7) is 2.92. The Morgan fingerprint density at radius 2 is 1.61 bits per heavy atom. The molecule has 0 unspecified atom stereocenters. The van der Waals surface area contributed by atoms with Gasteiger partial charge in [0, 0.05) is 41.8 Å². The van der Waals surface area contributed by atoms with Crippen molar-refractivity contribution in [3.05, 3.63) is 64.1 Å². The molecule has 4 amide bonds. The average Bonchev–Trinajstić information content (AvgIpc) is 3.07. The standard InChI is InChI=1S/C24H25BrN4O6S/c1-16(30)17-7-9-18(10-8-17)36(34,35)28-13-11-27(12-14-28)21(31)15-29-22(32)24(2,26-23(29)33)19-5-3-4-6-20(19)25/h3-10H,11-15H2,1-2H3,(H,26,33)/t24-/m1/s1. The van der Waals surface area contributed by atoms with Crippen LogP contribution >= 0.6 is 15.9 Å². The van der Waals surface area contributed by atoms with E-state index in [1.165, 1.54) is 40.4 Å². The predicted molar refractivity (Wildman–Crippen MR) is 134 cm³/mol. The van der Waals surface area contributed by atoms with Crippen LogP contribution in [-0.2, 0) is 25.2 Å². The molecule has 1 N–H and O–H groups in total. The van der Waals surface area contributed by atoms with Crippen molar-refractivity contribution < 1.29 is 27.6 Å². The number of sulfonamides is 1. The molecule has 2 saturated heterocycles. The summed E-state index contributed by atoms with van der Waals surface area (Å²) in [5.41, 5.74) is -0.323. The molecule has 2 aliphatic rings. The van der Waals surface area contributed by atoms with E-state index in [0.29, 0.717) is 15.6 Å². The van der Waals surface area contributed by atoms with E-state index in [1.807, 2.05) is 0 Å². The van der Waals surface area contributed by atoms with E-state index < -0.39 is 40.0 Å². The third-order valence-corrected chi connectivity index (χ3v) is 9.08. The van der Waals surface area contributed by atoms with Crippen LogP contribution in [0.5, 0.6) is 0 Å². The molecule has 2 aromatic carbocycles. The number of urea groups is 1. The molecular weight excluding hydrogens is 552 g/mol. The third kappa shape index (κ3) is 4.67. The van der Waals surface area contributed by atoms with Gasteiger partial charge in [0.15, 0.2) is 5.78 Å². The van der Waals surface area contributed by atoms with Gasteiger partial charge in [0.1, 0.15) is 12.1 Å². The summed E-state index contributed by atoms with van der Waals surface area (Å²) in [6.07, 6.45) is 0. The van der Waals surface area contributed by atoms with E-state index in [-0.39, 0.29) is 36.9 Å². The third-order valence-electron chi connectivity index (χ3n) is 6.47. The number of carbonyl (C=O) groups is 4. The maximum Gasteiger partial charge on any atom is 0.325 e. The molecule has 0 radical (unpaired) electrons. The molecule has 2 fully saturated rings. The maximum absolute atomic E-state index is 13.2. The van der Waals surface area contributed by atoms with E-state index in [1.54, 1.807) is 31.2 Å². The Bertz CT molecular complexity index is 1340. The minimum absolute atomic E-state index is 0.0668. The molecule has 0 aromatic heterocycles. The van der Waals surface area contributed by atoms with Crippen molar-refractivity contribution in [3.63, 3.8) is 0 Å². The molecule has 10 nitrogen and oxygen atoms in total. The lowest BCUT2D eigenvalue weighted by Gasteiger charge is -2.34. The average molecular weight is 577 g/mol. The highest BCUT2D eigenvalue weighted by molar-refractivity contribution is 9.10. The number of carbonyl (C=O) groups excluding carboxylic acids is 4.